The van der Waals surface area contributed by atoms with Crippen molar-refractivity contribution in [2.45, 2.75) is 6.61 Å². The Morgan fingerprint density at radius 1 is 1.24 bits per heavy atom. The highest BCUT2D eigenvalue weighted by atomic mass is 16.6. The molecule has 0 saturated heterocycles. The van der Waals surface area contributed by atoms with E-state index in [0.717, 1.165) is 0 Å². The summed E-state index contributed by atoms with van der Waals surface area (Å²) in [5, 5.41) is 20.5. The van der Waals surface area contributed by atoms with E-state index in [1.54, 1.807) is 40.9 Å². The lowest BCUT2D eigenvalue weighted by Gasteiger charge is -2.05. The molecule has 0 aliphatic carbocycles. The molecule has 106 valence electrons. The standard InChI is InChI=1S/C14H11N3O4/c18-9-11-14(15-13-7-3-4-8-16(11)13)21-12-6-2-1-5-10(12)17(19)20/h1-8,18H,9H2. The Labute approximate surface area is 119 Å². The van der Waals surface area contributed by atoms with Crippen molar-refractivity contribution in [3.05, 3.63) is 64.5 Å². The molecule has 2 aromatic heterocycles. The number of rotatable bonds is 4. The van der Waals surface area contributed by atoms with Crippen molar-refractivity contribution < 1.29 is 14.8 Å². The van der Waals surface area contributed by atoms with Crippen molar-refractivity contribution in [3.63, 3.8) is 0 Å². The average Bonchev–Trinajstić information content (AvgIpc) is 2.84. The highest BCUT2D eigenvalue weighted by Gasteiger charge is 2.19. The zero-order valence-electron chi connectivity index (χ0n) is 10.8. The molecule has 0 fully saturated rings. The van der Waals surface area contributed by atoms with Crippen LogP contribution in [0.1, 0.15) is 5.69 Å². The molecule has 0 amide bonds. The van der Waals surface area contributed by atoms with Crippen molar-refractivity contribution in [1.29, 1.82) is 0 Å². The molecule has 7 heteroatoms. The van der Waals surface area contributed by atoms with Gasteiger partial charge in [0.25, 0.3) is 0 Å². The first-order chi connectivity index (χ1) is 10.2. The molecule has 0 radical (unpaired) electrons. The van der Waals surface area contributed by atoms with E-state index in [4.69, 9.17) is 4.74 Å². The smallest absolute Gasteiger partial charge is 0.311 e. The number of imidazole rings is 1. The summed E-state index contributed by atoms with van der Waals surface area (Å²) < 4.78 is 7.21. The molecule has 0 aliphatic heterocycles. The molecule has 0 atom stereocenters. The number of aromatic nitrogens is 2. The predicted molar refractivity (Wildman–Crippen MR) is 74.3 cm³/mol. The molecular weight excluding hydrogens is 274 g/mol. The normalized spacial score (nSPS) is 10.7. The van der Waals surface area contributed by atoms with Crippen molar-refractivity contribution >= 4 is 11.3 Å². The lowest BCUT2D eigenvalue weighted by molar-refractivity contribution is -0.385. The monoisotopic (exact) mass is 285 g/mol. The van der Waals surface area contributed by atoms with E-state index in [9.17, 15) is 15.2 Å². The number of aliphatic hydroxyl groups excluding tert-OH is 1. The first-order valence-corrected chi connectivity index (χ1v) is 6.19. The van der Waals surface area contributed by atoms with Crippen molar-refractivity contribution in [3.8, 4) is 11.6 Å². The molecule has 1 aromatic carbocycles. The van der Waals surface area contributed by atoms with Crippen LogP contribution >= 0.6 is 0 Å². The first kappa shape index (κ1) is 13.1. The molecule has 7 nitrogen and oxygen atoms in total. The summed E-state index contributed by atoms with van der Waals surface area (Å²) in [5.74, 6) is 0.235. The third-order valence-electron chi connectivity index (χ3n) is 3.01. The van der Waals surface area contributed by atoms with E-state index in [1.165, 1.54) is 12.1 Å². The number of hydrogen-bond acceptors (Lipinski definition) is 5. The summed E-state index contributed by atoms with van der Waals surface area (Å²) in [5.41, 5.74) is 0.873. The van der Waals surface area contributed by atoms with Crippen molar-refractivity contribution in [2.24, 2.45) is 0 Å². The molecule has 1 N–H and O–H groups in total. The molecule has 3 aromatic rings. The van der Waals surface area contributed by atoms with Crippen LogP contribution in [0.3, 0.4) is 0 Å². The molecule has 0 aliphatic rings. The van der Waals surface area contributed by atoms with Gasteiger partial charge in [-0.1, -0.05) is 18.2 Å². The van der Waals surface area contributed by atoms with Gasteiger partial charge in [0.05, 0.1) is 11.5 Å². The quantitative estimate of drug-likeness (QED) is 0.587. The summed E-state index contributed by atoms with van der Waals surface area (Å²) in [4.78, 5) is 14.7. The summed E-state index contributed by atoms with van der Waals surface area (Å²) in [7, 11) is 0. The number of hydrogen-bond donors (Lipinski definition) is 1. The molecule has 0 unspecified atom stereocenters. The SMILES string of the molecule is O=[N+]([O-])c1ccccc1Oc1nc2ccccn2c1CO. The summed E-state index contributed by atoms with van der Waals surface area (Å²) in [6, 6.07) is 11.4. The van der Waals surface area contributed by atoms with Crippen LogP contribution in [0, 0.1) is 10.1 Å². The van der Waals surface area contributed by atoms with Crippen LogP contribution in [-0.2, 0) is 6.61 Å². The molecule has 0 bridgehead atoms. The van der Waals surface area contributed by atoms with Crippen LogP contribution in [0.15, 0.2) is 48.7 Å². The Bertz CT molecular complexity index is 813. The highest BCUT2D eigenvalue weighted by molar-refractivity contribution is 5.51. The second kappa shape index (κ2) is 5.22. The average molecular weight is 285 g/mol. The van der Waals surface area contributed by atoms with Crippen LogP contribution in [-0.4, -0.2) is 19.4 Å². The van der Waals surface area contributed by atoms with Crippen LogP contribution in [0.4, 0.5) is 5.69 Å². The molecule has 21 heavy (non-hydrogen) atoms. The number of ether oxygens (including phenoxy) is 1. The zero-order valence-corrected chi connectivity index (χ0v) is 10.8. The third kappa shape index (κ3) is 2.30. The Balaban J connectivity index is 2.08. The topological polar surface area (TPSA) is 89.9 Å². The molecule has 0 spiro atoms. The van der Waals surface area contributed by atoms with Gasteiger partial charge >= 0.3 is 5.69 Å². The highest BCUT2D eigenvalue weighted by Crippen LogP contribution is 2.32. The van der Waals surface area contributed by atoms with Gasteiger partial charge in [-0.3, -0.25) is 14.5 Å². The van der Waals surface area contributed by atoms with Gasteiger partial charge in [0.1, 0.15) is 11.3 Å². The summed E-state index contributed by atoms with van der Waals surface area (Å²) in [6.07, 6.45) is 1.74. The maximum Gasteiger partial charge on any atom is 0.311 e. The Kier molecular flexibility index (Phi) is 3.25. The Morgan fingerprint density at radius 2 is 2.00 bits per heavy atom. The van der Waals surface area contributed by atoms with E-state index >= 15 is 0 Å². The summed E-state index contributed by atoms with van der Waals surface area (Å²) >= 11 is 0. The Hall–Kier alpha value is -2.93. The van der Waals surface area contributed by atoms with Gasteiger partial charge in [-0.15, -0.1) is 0 Å². The fourth-order valence-corrected chi connectivity index (χ4v) is 2.05. The minimum Gasteiger partial charge on any atom is -0.430 e. The van der Waals surface area contributed by atoms with Gasteiger partial charge < -0.3 is 9.84 Å². The number of benzene rings is 1. The lowest BCUT2D eigenvalue weighted by atomic mass is 10.3. The number of fused-ring (bicyclic) bond motifs is 1. The zero-order chi connectivity index (χ0) is 14.8. The summed E-state index contributed by atoms with van der Waals surface area (Å²) in [6.45, 7) is -0.291. The van der Waals surface area contributed by atoms with Crippen LogP contribution in [0.25, 0.3) is 5.65 Å². The number of pyridine rings is 1. The lowest BCUT2D eigenvalue weighted by Crippen LogP contribution is -1.97. The Morgan fingerprint density at radius 3 is 2.76 bits per heavy atom. The molecular formula is C14H11N3O4. The van der Waals surface area contributed by atoms with Crippen molar-refractivity contribution in [2.75, 3.05) is 0 Å². The largest absolute Gasteiger partial charge is 0.430 e. The van der Waals surface area contributed by atoms with Crippen LogP contribution in [0.5, 0.6) is 11.6 Å². The van der Waals surface area contributed by atoms with Gasteiger partial charge in [-0.2, -0.15) is 4.98 Å². The van der Waals surface area contributed by atoms with Gasteiger partial charge in [-0.05, 0) is 18.2 Å². The van der Waals surface area contributed by atoms with Gasteiger partial charge in [0.15, 0.2) is 0 Å². The molecule has 2 heterocycles. The van der Waals surface area contributed by atoms with Gasteiger partial charge in [0.2, 0.25) is 11.6 Å². The number of nitro groups is 1. The van der Waals surface area contributed by atoms with E-state index < -0.39 is 4.92 Å². The van der Waals surface area contributed by atoms with Crippen LogP contribution < -0.4 is 4.74 Å². The van der Waals surface area contributed by atoms with Crippen LogP contribution in [0.2, 0.25) is 0 Å². The maximum atomic E-state index is 11.0. The van der Waals surface area contributed by atoms with Gasteiger partial charge in [0, 0.05) is 12.3 Å². The van der Waals surface area contributed by atoms with Crippen molar-refractivity contribution in [1.82, 2.24) is 9.38 Å². The minimum atomic E-state index is -0.524. The fourth-order valence-electron chi connectivity index (χ4n) is 2.05. The second-order valence-corrected chi connectivity index (χ2v) is 4.28. The van der Waals surface area contributed by atoms with Gasteiger partial charge in [-0.25, -0.2) is 0 Å². The first-order valence-electron chi connectivity index (χ1n) is 6.19. The molecule has 3 rings (SSSR count). The van der Waals surface area contributed by atoms with E-state index in [1.807, 2.05) is 0 Å². The number of para-hydroxylation sites is 2. The van der Waals surface area contributed by atoms with E-state index in [2.05, 4.69) is 4.98 Å². The van der Waals surface area contributed by atoms with E-state index in [-0.39, 0.29) is 23.9 Å². The maximum absolute atomic E-state index is 11.0. The minimum absolute atomic E-state index is 0.0839. The van der Waals surface area contributed by atoms with E-state index in [0.29, 0.717) is 11.3 Å². The predicted octanol–water partition coefficient (Wildman–Crippen LogP) is 2.53. The number of nitrogens with zero attached hydrogens (tertiary/aromatic N) is 3. The number of nitro benzene ring substituents is 1. The number of aliphatic hydroxyl groups is 1. The second-order valence-electron chi connectivity index (χ2n) is 4.28. The molecule has 0 saturated carbocycles. The third-order valence-corrected chi connectivity index (χ3v) is 3.01. The fraction of sp³-hybridized carbons (Fsp3) is 0.0714.